The van der Waals surface area contributed by atoms with Gasteiger partial charge in [0.15, 0.2) is 5.78 Å². The third kappa shape index (κ3) is 4.24. The van der Waals surface area contributed by atoms with Gasteiger partial charge in [0, 0.05) is 37.7 Å². The minimum Gasteiger partial charge on any atom is -0.444 e. The van der Waals surface area contributed by atoms with Gasteiger partial charge in [-0.2, -0.15) is 0 Å². The Hall–Kier alpha value is -2.24. The molecule has 2 aliphatic rings. The molecule has 2 N–H and O–H groups in total. The van der Waals surface area contributed by atoms with Crippen LogP contribution in [0.25, 0.3) is 0 Å². The highest BCUT2D eigenvalue weighted by Gasteiger charge is 2.31. The van der Waals surface area contributed by atoms with E-state index in [-0.39, 0.29) is 17.8 Å². The van der Waals surface area contributed by atoms with E-state index in [9.17, 15) is 9.59 Å². The minimum atomic E-state index is -0.484. The average molecular weight is 345 g/mol. The van der Waals surface area contributed by atoms with Crippen LogP contribution in [0.2, 0.25) is 0 Å². The first kappa shape index (κ1) is 17.6. The van der Waals surface area contributed by atoms with Crippen LogP contribution in [0.5, 0.6) is 0 Å². The van der Waals surface area contributed by atoms with E-state index >= 15 is 0 Å². The Labute approximate surface area is 148 Å². The third-order valence-electron chi connectivity index (χ3n) is 4.53. The molecule has 6 heteroatoms. The fourth-order valence-electron chi connectivity index (χ4n) is 3.03. The van der Waals surface area contributed by atoms with Crippen LogP contribution in [-0.4, -0.2) is 48.6 Å². The van der Waals surface area contributed by atoms with Crippen LogP contribution >= 0.6 is 0 Å². The zero-order valence-corrected chi connectivity index (χ0v) is 15.2. The van der Waals surface area contributed by atoms with Crippen molar-refractivity contribution in [2.45, 2.75) is 39.2 Å². The Bertz CT molecular complexity index is 669. The number of nitrogen functional groups attached to an aromatic ring is 1. The van der Waals surface area contributed by atoms with Gasteiger partial charge in [-0.25, -0.2) is 4.79 Å². The molecule has 0 unspecified atom stereocenters. The van der Waals surface area contributed by atoms with E-state index in [0.29, 0.717) is 37.4 Å². The molecule has 1 aromatic carbocycles. The molecule has 1 aromatic rings. The second-order valence-electron chi connectivity index (χ2n) is 7.87. The molecule has 6 nitrogen and oxygen atoms in total. The van der Waals surface area contributed by atoms with Crippen molar-refractivity contribution in [1.29, 1.82) is 0 Å². The van der Waals surface area contributed by atoms with Crippen molar-refractivity contribution in [3.8, 4) is 0 Å². The largest absolute Gasteiger partial charge is 0.444 e. The van der Waals surface area contributed by atoms with Gasteiger partial charge in [0.25, 0.3) is 0 Å². The first-order chi connectivity index (χ1) is 11.7. The summed E-state index contributed by atoms with van der Waals surface area (Å²) in [6, 6.07) is 5.58. The number of hydrogen-bond acceptors (Lipinski definition) is 5. The summed E-state index contributed by atoms with van der Waals surface area (Å²) in [6.07, 6.45) is 1.71. The predicted octanol–water partition coefficient (Wildman–Crippen LogP) is 2.92. The molecule has 1 heterocycles. The number of carbonyl (C=O) groups is 2. The summed E-state index contributed by atoms with van der Waals surface area (Å²) < 4.78 is 5.42. The van der Waals surface area contributed by atoms with Gasteiger partial charge in [-0.1, -0.05) is 0 Å². The van der Waals surface area contributed by atoms with Crippen molar-refractivity contribution in [1.82, 2.24) is 4.90 Å². The van der Waals surface area contributed by atoms with Crippen LogP contribution in [0.3, 0.4) is 0 Å². The van der Waals surface area contributed by atoms with Gasteiger partial charge in [-0.3, -0.25) is 4.79 Å². The van der Waals surface area contributed by atoms with Gasteiger partial charge in [0.1, 0.15) is 5.60 Å². The van der Waals surface area contributed by atoms with Gasteiger partial charge >= 0.3 is 6.09 Å². The topological polar surface area (TPSA) is 75.9 Å². The van der Waals surface area contributed by atoms with Crippen LogP contribution in [0.15, 0.2) is 18.2 Å². The SMILES string of the molecule is CC(C)(C)OC(=O)N1CCN(c2ccc(C(=O)C3CC3)cc2N)CC1. The number of amides is 1. The molecule has 0 atom stereocenters. The number of rotatable bonds is 3. The first-order valence-electron chi connectivity index (χ1n) is 8.91. The molecule has 0 aromatic heterocycles. The summed E-state index contributed by atoms with van der Waals surface area (Å²) in [5.41, 5.74) is 7.96. The standard InChI is InChI=1S/C19H27N3O3/c1-19(2,3)25-18(24)22-10-8-21(9-11-22)16-7-6-14(12-15(16)20)17(23)13-4-5-13/h6-7,12-13H,4-5,8-11,20H2,1-3H3. The first-order valence-corrected chi connectivity index (χ1v) is 8.91. The fourth-order valence-corrected chi connectivity index (χ4v) is 3.03. The molecule has 1 aliphatic heterocycles. The van der Waals surface area contributed by atoms with Crippen LogP contribution in [-0.2, 0) is 4.74 Å². The molecule has 3 rings (SSSR count). The van der Waals surface area contributed by atoms with E-state index in [2.05, 4.69) is 4.90 Å². The molecule has 1 saturated heterocycles. The quantitative estimate of drug-likeness (QED) is 0.673. The van der Waals surface area contributed by atoms with Crippen molar-refractivity contribution < 1.29 is 14.3 Å². The lowest BCUT2D eigenvalue weighted by Crippen LogP contribution is -2.50. The fraction of sp³-hybridized carbons (Fsp3) is 0.579. The van der Waals surface area contributed by atoms with Gasteiger partial charge in [0.05, 0.1) is 11.4 Å². The van der Waals surface area contributed by atoms with Gasteiger partial charge in [-0.05, 0) is 51.8 Å². The van der Waals surface area contributed by atoms with Crippen LogP contribution < -0.4 is 10.6 Å². The zero-order chi connectivity index (χ0) is 18.2. The Kier molecular flexibility index (Phi) is 4.62. The molecule has 2 fully saturated rings. The molecule has 1 aliphatic carbocycles. The lowest BCUT2D eigenvalue weighted by Gasteiger charge is -2.37. The number of ether oxygens (including phenoxy) is 1. The minimum absolute atomic E-state index is 0.197. The summed E-state index contributed by atoms with van der Waals surface area (Å²) >= 11 is 0. The van der Waals surface area contributed by atoms with Crippen molar-refractivity contribution in [3.63, 3.8) is 0 Å². The summed E-state index contributed by atoms with van der Waals surface area (Å²) in [4.78, 5) is 28.2. The number of carbonyl (C=O) groups excluding carboxylic acids is 2. The van der Waals surface area contributed by atoms with E-state index in [1.165, 1.54) is 0 Å². The molecule has 1 saturated carbocycles. The molecule has 25 heavy (non-hydrogen) atoms. The van der Waals surface area contributed by atoms with Crippen LogP contribution in [0, 0.1) is 5.92 Å². The van der Waals surface area contributed by atoms with Gasteiger partial charge in [-0.15, -0.1) is 0 Å². The van der Waals surface area contributed by atoms with E-state index in [1.54, 1.807) is 11.0 Å². The maximum atomic E-state index is 12.2. The Balaban J connectivity index is 1.61. The lowest BCUT2D eigenvalue weighted by atomic mass is 10.0. The van der Waals surface area contributed by atoms with Gasteiger partial charge in [0.2, 0.25) is 0 Å². The molecular formula is C19H27N3O3. The monoisotopic (exact) mass is 345 g/mol. The van der Waals surface area contributed by atoms with Crippen molar-refractivity contribution in [2.24, 2.45) is 5.92 Å². The summed E-state index contributed by atoms with van der Waals surface area (Å²) in [5, 5.41) is 0. The van der Waals surface area contributed by atoms with Crippen molar-refractivity contribution in [3.05, 3.63) is 23.8 Å². The normalized spacial score (nSPS) is 18.2. The van der Waals surface area contributed by atoms with Crippen LogP contribution in [0.1, 0.15) is 44.0 Å². The third-order valence-corrected chi connectivity index (χ3v) is 4.53. The highest BCUT2D eigenvalue weighted by molar-refractivity contribution is 6.00. The van der Waals surface area contributed by atoms with Crippen molar-refractivity contribution >= 4 is 23.3 Å². The second-order valence-corrected chi connectivity index (χ2v) is 7.87. The molecule has 0 radical (unpaired) electrons. The molecule has 1 amide bonds. The number of anilines is 2. The number of piperazine rings is 1. The van der Waals surface area contributed by atoms with Crippen molar-refractivity contribution in [2.75, 3.05) is 36.8 Å². The van der Waals surface area contributed by atoms with E-state index in [4.69, 9.17) is 10.5 Å². The number of benzene rings is 1. The number of hydrogen-bond donors (Lipinski definition) is 1. The number of ketones is 1. The number of nitrogens with two attached hydrogens (primary N) is 1. The smallest absolute Gasteiger partial charge is 0.410 e. The Morgan fingerprint density at radius 2 is 1.76 bits per heavy atom. The highest BCUT2D eigenvalue weighted by atomic mass is 16.6. The maximum Gasteiger partial charge on any atom is 0.410 e. The van der Waals surface area contributed by atoms with Crippen LogP contribution in [0.4, 0.5) is 16.2 Å². The zero-order valence-electron chi connectivity index (χ0n) is 15.2. The lowest BCUT2D eigenvalue weighted by molar-refractivity contribution is 0.0240. The molecule has 0 spiro atoms. The molecular weight excluding hydrogens is 318 g/mol. The Morgan fingerprint density at radius 3 is 2.28 bits per heavy atom. The molecule has 0 bridgehead atoms. The highest BCUT2D eigenvalue weighted by Crippen LogP contribution is 2.34. The summed E-state index contributed by atoms with van der Waals surface area (Å²) in [6.45, 7) is 8.18. The van der Waals surface area contributed by atoms with E-state index < -0.39 is 5.60 Å². The maximum absolute atomic E-state index is 12.2. The molecule has 136 valence electrons. The number of nitrogens with zero attached hydrogens (tertiary/aromatic N) is 2. The predicted molar refractivity (Wildman–Crippen MR) is 97.9 cm³/mol. The Morgan fingerprint density at radius 1 is 1.12 bits per heavy atom. The van der Waals surface area contributed by atoms with E-state index in [1.807, 2.05) is 32.9 Å². The average Bonchev–Trinajstić information content (AvgIpc) is 3.37. The number of Topliss-reactive ketones (excluding diaryl/α,β-unsaturated/α-hetero) is 1. The second kappa shape index (κ2) is 6.58. The summed E-state index contributed by atoms with van der Waals surface area (Å²) in [7, 11) is 0. The van der Waals surface area contributed by atoms with E-state index in [0.717, 1.165) is 18.5 Å². The van der Waals surface area contributed by atoms with Gasteiger partial charge < -0.3 is 20.3 Å². The summed E-state index contributed by atoms with van der Waals surface area (Å²) in [5.74, 6) is 0.399.